The van der Waals surface area contributed by atoms with E-state index in [9.17, 15) is 0 Å². The Balaban J connectivity index is 2.66. The van der Waals surface area contributed by atoms with Gasteiger partial charge in [0, 0.05) is 0 Å². The van der Waals surface area contributed by atoms with Gasteiger partial charge in [-0.2, -0.15) is 0 Å². The summed E-state index contributed by atoms with van der Waals surface area (Å²) in [6.07, 6.45) is 1.08. The zero-order chi connectivity index (χ0) is 6.43. The quantitative estimate of drug-likeness (QED) is 0.504. The summed E-state index contributed by atoms with van der Waals surface area (Å²) >= 11 is 0. The first kappa shape index (κ1) is 4.68. The molecule has 2 rings (SSSR count). The lowest BCUT2D eigenvalue weighted by molar-refractivity contribution is 1.61. The van der Waals surface area contributed by atoms with Gasteiger partial charge in [0.25, 0.3) is 0 Å². The highest BCUT2D eigenvalue weighted by atomic mass is 14.7. The summed E-state index contributed by atoms with van der Waals surface area (Å²) in [5.41, 5.74) is 15.2. The predicted molar refractivity (Wildman–Crippen MR) is 38.1 cm³/mol. The van der Waals surface area contributed by atoms with Gasteiger partial charge in [-0.05, 0) is 29.7 Å². The standard InChI is InChI=1S/C7H8N2/c8-6-2-4-1-5(4)3-7(6)9/h2-3H,1,8-9H2. The number of benzene rings is 1. The van der Waals surface area contributed by atoms with Gasteiger partial charge in [-0.3, -0.25) is 0 Å². The molecule has 0 unspecified atom stereocenters. The fourth-order valence-corrected chi connectivity index (χ4v) is 0.991. The number of rotatable bonds is 0. The van der Waals surface area contributed by atoms with Crippen molar-refractivity contribution in [2.75, 3.05) is 11.5 Å². The Kier molecular flexibility index (Phi) is 0.628. The Morgan fingerprint density at radius 3 is 1.89 bits per heavy atom. The minimum absolute atomic E-state index is 0.714. The molecule has 0 bridgehead atoms. The van der Waals surface area contributed by atoms with E-state index in [4.69, 9.17) is 11.5 Å². The number of nitrogen functional groups attached to an aromatic ring is 2. The van der Waals surface area contributed by atoms with Gasteiger partial charge in [-0.1, -0.05) is 0 Å². The van der Waals surface area contributed by atoms with Crippen LogP contribution in [-0.2, 0) is 6.42 Å². The highest BCUT2D eigenvalue weighted by Crippen LogP contribution is 2.33. The summed E-state index contributed by atoms with van der Waals surface area (Å²) in [6, 6.07) is 3.90. The molecule has 4 N–H and O–H groups in total. The van der Waals surface area contributed by atoms with E-state index in [0.717, 1.165) is 6.42 Å². The maximum Gasteiger partial charge on any atom is 0.0550 e. The van der Waals surface area contributed by atoms with Crippen molar-refractivity contribution in [2.24, 2.45) is 0 Å². The van der Waals surface area contributed by atoms with Crippen molar-refractivity contribution < 1.29 is 0 Å². The fraction of sp³-hybridized carbons (Fsp3) is 0.143. The van der Waals surface area contributed by atoms with Crippen LogP contribution in [0.3, 0.4) is 0 Å². The van der Waals surface area contributed by atoms with E-state index in [1.807, 2.05) is 12.1 Å². The summed E-state index contributed by atoms with van der Waals surface area (Å²) in [5, 5.41) is 0. The van der Waals surface area contributed by atoms with Gasteiger partial charge < -0.3 is 11.5 Å². The van der Waals surface area contributed by atoms with Crippen molar-refractivity contribution in [3.05, 3.63) is 23.3 Å². The lowest BCUT2D eigenvalue weighted by Crippen LogP contribution is -1.91. The largest absolute Gasteiger partial charge is 0.397 e. The van der Waals surface area contributed by atoms with E-state index < -0.39 is 0 Å². The summed E-state index contributed by atoms with van der Waals surface area (Å²) in [4.78, 5) is 0. The fourth-order valence-electron chi connectivity index (χ4n) is 0.991. The Hall–Kier alpha value is -1.18. The highest BCUT2D eigenvalue weighted by Gasteiger charge is 2.17. The number of hydrogen-bond donors (Lipinski definition) is 2. The molecule has 0 spiro atoms. The Labute approximate surface area is 53.5 Å². The zero-order valence-corrected chi connectivity index (χ0v) is 5.02. The predicted octanol–water partition coefficient (Wildman–Crippen LogP) is 0.755. The van der Waals surface area contributed by atoms with E-state index in [1.165, 1.54) is 11.1 Å². The topological polar surface area (TPSA) is 52.0 Å². The molecule has 0 aliphatic heterocycles. The molecule has 0 amide bonds. The highest BCUT2D eigenvalue weighted by molar-refractivity contribution is 5.70. The number of fused-ring (bicyclic) bond motifs is 1. The van der Waals surface area contributed by atoms with Crippen LogP contribution in [-0.4, -0.2) is 0 Å². The van der Waals surface area contributed by atoms with Crippen LogP contribution < -0.4 is 11.5 Å². The molecule has 1 aliphatic carbocycles. The smallest absolute Gasteiger partial charge is 0.0550 e. The van der Waals surface area contributed by atoms with Crippen LogP contribution in [0.2, 0.25) is 0 Å². The third-order valence-corrected chi connectivity index (χ3v) is 1.66. The molecular formula is C7H8N2. The molecule has 0 saturated carbocycles. The van der Waals surface area contributed by atoms with E-state index in [2.05, 4.69) is 0 Å². The van der Waals surface area contributed by atoms with Crippen molar-refractivity contribution in [1.29, 1.82) is 0 Å². The van der Waals surface area contributed by atoms with Crippen LogP contribution in [0.25, 0.3) is 0 Å². The Morgan fingerprint density at radius 1 is 1.00 bits per heavy atom. The van der Waals surface area contributed by atoms with Crippen molar-refractivity contribution in [2.45, 2.75) is 6.42 Å². The number of anilines is 2. The first-order valence-electron chi connectivity index (χ1n) is 2.94. The molecule has 0 fully saturated rings. The van der Waals surface area contributed by atoms with Gasteiger partial charge in [-0.15, -0.1) is 0 Å². The Bertz CT molecular complexity index is 239. The third kappa shape index (κ3) is 0.560. The molecule has 1 aromatic rings. The molecule has 2 heteroatoms. The number of hydrogen-bond acceptors (Lipinski definition) is 2. The molecule has 2 nitrogen and oxygen atoms in total. The van der Waals surface area contributed by atoms with Gasteiger partial charge in [0.1, 0.15) is 0 Å². The molecule has 0 saturated heterocycles. The Morgan fingerprint density at radius 2 is 1.44 bits per heavy atom. The van der Waals surface area contributed by atoms with Gasteiger partial charge in [0.15, 0.2) is 0 Å². The maximum atomic E-state index is 5.53. The summed E-state index contributed by atoms with van der Waals surface area (Å²) in [6.45, 7) is 0. The van der Waals surface area contributed by atoms with E-state index in [1.54, 1.807) is 0 Å². The summed E-state index contributed by atoms with van der Waals surface area (Å²) < 4.78 is 0. The lowest BCUT2D eigenvalue weighted by atomic mass is 10.3. The average molecular weight is 120 g/mol. The second-order valence-electron chi connectivity index (χ2n) is 2.43. The third-order valence-electron chi connectivity index (χ3n) is 1.66. The summed E-state index contributed by atoms with van der Waals surface area (Å²) in [7, 11) is 0. The zero-order valence-electron chi connectivity index (χ0n) is 5.02. The van der Waals surface area contributed by atoms with Gasteiger partial charge in [-0.25, -0.2) is 0 Å². The first-order chi connectivity index (χ1) is 4.27. The normalized spacial score (nSPS) is 12.9. The van der Waals surface area contributed by atoms with Crippen molar-refractivity contribution in [1.82, 2.24) is 0 Å². The first-order valence-corrected chi connectivity index (χ1v) is 2.94. The van der Waals surface area contributed by atoms with Crippen molar-refractivity contribution >= 4 is 11.4 Å². The van der Waals surface area contributed by atoms with Crippen LogP contribution in [0.4, 0.5) is 11.4 Å². The van der Waals surface area contributed by atoms with Crippen molar-refractivity contribution in [3.8, 4) is 0 Å². The lowest BCUT2D eigenvalue weighted by Gasteiger charge is -1.93. The van der Waals surface area contributed by atoms with Gasteiger partial charge in [0.2, 0.25) is 0 Å². The molecular weight excluding hydrogens is 112 g/mol. The van der Waals surface area contributed by atoms with Crippen LogP contribution in [0.5, 0.6) is 0 Å². The molecule has 0 radical (unpaired) electrons. The van der Waals surface area contributed by atoms with Crippen LogP contribution in [0, 0.1) is 0 Å². The molecule has 1 aromatic carbocycles. The van der Waals surface area contributed by atoms with E-state index >= 15 is 0 Å². The van der Waals surface area contributed by atoms with E-state index in [-0.39, 0.29) is 0 Å². The monoisotopic (exact) mass is 120 g/mol. The molecule has 1 aliphatic rings. The maximum absolute atomic E-state index is 5.53. The second-order valence-corrected chi connectivity index (χ2v) is 2.43. The van der Waals surface area contributed by atoms with Crippen LogP contribution >= 0.6 is 0 Å². The number of nitrogens with two attached hydrogens (primary N) is 2. The average Bonchev–Trinajstić information content (AvgIpc) is 2.46. The molecule has 0 atom stereocenters. The van der Waals surface area contributed by atoms with Crippen molar-refractivity contribution in [3.63, 3.8) is 0 Å². The molecule has 46 valence electrons. The minimum Gasteiger partial charge on any atom is -0.397 e. The SMILES string of the molecule is Nc1cc2c(cc1N)C2. The van der Waals surface area contributed by atoms with Gasteiger partial charge in [0.05, 0.1) is 11.4 Å². The van der Waals surface area contributed by atoms with E-state index in [0.29, 0.717) is 11.4 Å². The second kappa shape index (κ2) is 1.21. The minimum atomic E-state index is 0.714. The molecule has 9 heavy (non-hydrogen) atoms. The van der Waals surface area contributed by atoms with Gasteiger partial charge >= 0.3 is 0 Å². The van der Waals surface area contributed by atoms with Crippen LogP contribution in [0.1, 0.15) is 11.1 Å². The van der Waals surface area contributed by atoms with Crippen LogP contribution in [0.15, 0.2) is 12.1 Å². The molecule has 0 heterocycles. The summed E-state index contributed by atoms with van der Waals surface area (Å²) in [5.74, 6) is 0. The molecule has 0 aromatic heterocycles.